The van der Waals surface area contributed by atoms with Crippen molar-refractivity contribution in [1.29, 1.82) is 0 Å². The van der Waals surface area contributed by atoms with E-state index in [2.05, 4.69) is 20.5 Å². The van der Waals surface area contributed by atoms with E-state index in [9.17, 15) is 22.4 Å². The van der Waals surface area contributed by atoms with Crippen LogP contribution in [0.3, 0.4) is 0 Å². The van der Waals surface area contributed by atoms with Crippen LogP contribution in [0.2, 0.25) is 0 Å². The number of carbonyl (C=O) groups excluding carboxylic acids is 1. The molecule has 0 saturated carbocycles. The number of nitrogens with one attached hydrogen (secondary N) is 3. The van der Waals surface area contributed by atoms with Crippen molar-refractivity contribution in [1.82, 2.24) is 15.2 Å². The van der Waals surface area contributed by atoms with Crippen LogP contribution in [-0.4, -0.2) is 21.1 Å². The zero-order chi connectivity index (χ0) is 19.9. The first-order chi connectivity index (χ1) is 13.3. The summed E-state index contributed by atoms with van der Waals surface area (Å²) in [6.45, 7) is 0. The maximum absolute atomic E-state index is 13.2. The number of anilines is 1. The Hall–Kier alpha value is -3.62. The maximum Gasteiger partial charge on any atom is 0.416 e. The van der Waals surface area contributed by atoms with Crippen molar-refractivity contribution < 1.29 is 22.4 Å². The predicted molar refractivity (Wildman–Crippen MR) is 95.2 cm³/mol. The number of rotatable bonds is 3. The van der Waals surface area contributed by atoms with Crippen molar-refractivity contribution >= 4 is 22.5 Å². The molecular weight excluding hydrogens is 376 g/mol. The minimum Gasteiger partial charge on any atom is -0.357 e. The molecule has 1 amide bonds. The molecule has 142 valence electrons. The third-order valence-corrected chi connectivity index (χ3v) is 4.17. The molecule has 0 saturated heterocycles. The fourth-order valence-corrected chi connectivity index (χ4v) is 2.84. The van der Waals surface area contributed by atoms with Gasteiger partial charge in [-0.25, -0.2) is 4.39 Å². The van der Waals surface area contributed by atoms with E-state index in [1.54, 1.807) is 0 Å². The first-order valence-corrected chi connectivity index (χ1v) is 8.12. The number of fused-ring (bicyclic) bond motifs is 1. The molecule has 0 atom stereocenters. The van der Waals surface area contributed by atoms with Gasteiger partial charge in [0.2, 0.25) is 0 Å². The first-order valence-electron chi connectivity index (χ1n) is 8.12. The Bertz CT molecular complexity index is 1180. The number of benzene rings is 2. The van der Waals surface area contributed by atoms with E-state index in [1.807, 2.05) is 0 Å². The molecule has 0 aliphatic heterocycles. The van der Waals surface area contributed by atoms with Crippen molar-refractivity contribution in [3.63, 3.8) is 0 Å². The lowest BCUT2D eigenvalue weighted by Crippen LogP contribution is -2.12. The van der Waals surface area contributed by atoms with Crippen LogP contribution in [-0.2, 0) is 6.18 Å². The van der Waals surface area contributed by atoms with E-state index in [1.165, 1.54) is 42.6 Å². The maximum atomic E-state index is 13.2. The number of aromatic nitrogens is 3. The van der Waals surface area contributed by atoms with Gasteiger partial charge in [-0.15, -0.1) is 0 Å². The van der Waals surface area contributed by atoms with Gasteiger partial charge in [-0.05, 0) is 42.5 Å². The Morgan fingerprint density at radius 2 is 1.89 bits per heavy atom. The molecule has 5 nitrogen and oxygen atoms in total. The highest BCUT2D eigenvalue weighted by atomic mass is 19.4. The van der Waals surface area contributed by atoms with Crippen molar-refractivity contribution in [3.8, 4) is 11.3 Å². The van der Waals surface area contributed by atoms with Gasteiger partial charge in [-0.3, -0.25) is 9.89 Å². The molecule has 9 heteroatoms. The number of nitrogens with zero attached hydrogens (tertiary/aromatic N) is 1. The smallest absolute Gasteiger partial charge is 0.357 e. The summed E-state index contributed by atoms with van der Waals surface area (Å²) in [5, 5.41) is 9.56. The molecular formula is C19H12F4N4O. The summed E-state index contributed by atoms with van der Waals surface area (Å²) in [6.07, 6.45) is -3.01. The van der Waals surface area contributed by atoms with Crippen molar-refractivity contribution in [2.24, 2.45) is 0 Å². The van der Waals surface area contributed by atoms with Crippen LogP contribution in [0, 0.1) is 5.82 Å². The van der Waals surface area contributed by atoms with Gasteiger partial charge in [0.05, 0.1) is 11.1 Å². The lowest BCUT2D eigenvalue weighted by molar-refractivity contribution is -0.137. The van der Waals surface area contributed by atoms with Gasteiger partial charge in [-0.2, -0.15) is 18.3 Å². The fraction of sp³-hybridized carbons (Fsp3) is 0.0526. The highest BCUT2D eigenvalue weighted by molar-refractivity contribution is 6.04. The molecule has 0 unspecified atom stereocenters. The van der Waals surface area contributed by atoms with Crippen LogP contribution in [0.25, 0.3) is 22.2 Å². The summed E-state index contributed by atoms with van der Waals surface area (Å²) >= 11 is 0. The van der Waals surface area contributed by atoms with Crippen LogP contribution >= 0.6 is 0 Å². The molecule has 2 heterocycles. The van der Waals surface area contributed by atoms with Gasteiger partial charge in [0.25, 0.3) is 5.91 Å². The number of halogens is 4. The van der Waals surface area contributed by atoms with E-state index < -0.39 is 23.5 Å². The summed E-state index contributed by atoms with van der Waals surface area (Å²) in [5.41, 5.74) is 0.804. The molecule has 2 aromatic carbocycles. The largest absolute Gasteiger partial charge is 0.416 e. The second-order valence-corrected chi connectivity index (χ2v) is 6.10. The minimum absolute atomic E-state index is 0.155. The van der Waals surface area contributed by atoms with Gasteiger partial charge in [0.15, 0.2) is 0 Å². The average Bonchev–Trinajstić information content (AvgIpc) is 3.27. The molecule has 0 spiro atoms. The Balaban J connectivity index is 1.64. The van der Waals surface area contributed by atoms with Crippen molar-refractivity contribution in [2.45, 2.75) is 6.18 Å². The Morgan fingerprint density at radius 1 is 1.07 bits per heavy atom. The Morgan fingerprint density at radius 3 is 2.64 bits per heavy atom. The van der Waals surface area contributed by atoms with E-state index in [4.69, 9.17) is 0 Å². The van der Waals surface area contributed by atoms with Crippen LogP contribution in [0.15, 0.2) is 54.7 Å². The Labute approximate surface area is 155 Å². The lowest BCUT2D eigenvalue weighted by Gasteiger charge is -2.06. The summed E-state index contributed by atoms with van der Waals surface area (Å²) in [6, 6.07) is 10.2. The number of amides is 1. The summed E-state index contributed by atoms with van der Waals surface area (Å²) < 4.78 is 52.2. The summed E-state index contributed by atoms with van der Waals surface area (Å²) in [4.78, 5) is 15.1. The second-order valence-electron chi connectivity index (χ2n) is 6.10. The molecule has 3 N–H and O–H groups in total. The molecule has 2 aromatic heterocycles. The second kappa shape index (κ2) is 6.52. The average molecular weight is 388 g/mol. The molecule has 0 aliphatic carbocycles. The van der Waals surface area contributed by atoms with E-state index >= 15 is 0 Å². The van der Waals surface area contributed by atoms with Crippen LogP contribution in [0.1, 0.15) is 16.1 Å². The molecule has 0 fully saturated rings. The molecule has 0 bridgehead atoms. The van der Waals surface area contributed by atoms with Crippen LogP contribution < -0.4 is 5.32 Å². The van der Waals surface area contributed by atoms with Gasteiger partial charge < -0.3 is 10.3 Å². The third-order valence-electron chi connectivity index (χ3n) is 4.17. The zero-order valence-electron chi connectivity index (χ0n) is 14.1. The fourth-order valence-electron chi connectivity index (χ4n) is 2.84. The molecule has 28 heavy (non-hydrogen) atoms. The van der Waals surface area contributed by atoms with Gasteiger partial charge in [0.1, 0.15) is 17.2 Å². The monoisotopic (exact) mass is 388 g/mol. The number of aromatic amines is 2. The van der Waals surface area contributed by atoms with Gasteiger partial charge in [0, 0.05) is 22.8 Å². The van der Waals surface area contributed by atoms with E-state index in [-0.39, 0.29) is 22.5 Å². The van der Waals surface area contributed by atoms with Crippen molar-refractivity contribution in [3.05, 3.63) is 71.8 Å². The number of carbonyl (C=O) groups is 1. The summed E-state index contributed by atoms with van der Waals surface area (Å²) in [7, 11) is 0. The SMILES string of the molecule is O=C(Nc1cccc(F)c1)c1cc(-c2n[nH]c3ccc(C(F)(F)F)cc23)c[nH]1. The number of hydrogen-bond acceptors (Lipinski definition) is 2. The van der Waals surface area contributed by atoms with Crippen LogP contribution in [0.5, 0.6) is 0 Å². The molecule has 0 aliphatic rings. The molecule has 4 rings (SSSR count). The Kier molecular flexibility index (Phi) is 4.14. The standard InChI is InChI=1S/C19H12F4N4O/c20-12-2-1-3-13(8-12)25-18(28)16-6-10(9-24-16)17-14-7-11(19(21,22)23)4-5-15(14)26-27-17/h1-9,24H,(H,25,28)(H,26,27). The predicted octanol–water partition coefficient (Wildman–Crippen LogP) is 4.97. The third kappa shape index (κ3) is 3.34. The number of H-pyrrole nitrogens is 2. The number of alkyl halides is 3. The van der Waals surface area contributed by atoms with E-state index in [0.717, 1.165) is 12.1 Å². The van der Waals surface area contributed by atoms with Gasteiger partial charge in [-0.1, -0.05) is 6.07 Å². The highest BCUT2D eigenvalue weighted by Gasteiger charge is 2.31. The molecule has 4 aromatic rings. The normalized spacial score (nSPS) is 11.7. The number of hydrogen-bond donors (Lipinski definition) is 3. The molecule has 0 radical (unpaired) electrons. The zero-order valence-corrected chi connectivity index (χ0v) is 14.1. The lowest BCUT2D eigenvalue weighted by atomic mass is 10.1. The van der Waals surface area contributed by atoms with Gasteiger partial charge >= 0.3 is 6.18 Å². The van der Waals surface area contributed by atoms with Crippen LogP contribution in [0.4, 0.5) is 23.2 Å². The topological polar surface area (TPSA) is 73.6 Å². The quantitative estimate of drug-likeness (QED) is 0.434. The first kappa shape index (κ1) is 17.8. The van der Waals surface area contributed by atoms with Crippen molar-refractivity contribution in [2.75, 3.05) is 5.32 Å². The highest BCUT2D eigenvalue weighted by Crippen LogP contribution is 2.34. The minimum atomic E-state index is -4.48. The summed E-state index contributed by atoms with van der Waals surface area (Å²) in [5.74, 6) is -1.01. The van der Waals surface area contributed by atoms with E-state index in [0.29, 0.717) is 11.1 Å².